The SMILES string of the molecule is OC(Nc1ccc(Cl)c(C(F)(F)F)c1)Nc1ccc(Oc2ccnc3c2NC(O)N3)cc1F. The zero-order chi connectivity index (χ0) is 23.8. The highest BCUT2D eigenvalue weighted by molar-refractivity contribution is 6.31. The number of ether oxygens (including phenoxy) is 1. The predicted molar refractivity (Wildman–Crippen MR) is 114 cm³/mol. The number of hydrogen-bond acceptors (Lipinski definition) is 8. The molecule has 2 atom stereocenters. The maximum Gasteiger partial charge on any atom is 0.417 e. The van der Waals surface area contributed by atoms with Gasteiger partial charge in [-0.3, -0.25) is 0 Å². The van der Waals surface area contributed by atoms with Crippen molar-refractivity contribution >= 4 is 34.5 Å². The lowest BCUT2D eigenvalue weighted by Crippen LogP contribution is -2.28. The van der Waals surface area contributed by atoms with Gasteiger partial charge in [-0.25, -0.2) is 9.37 Å². The largest absolute Gasteiger partial charge is 0.455 e. The number of alkyl halides is 3. The number of fused-ring (bicyclic) bond motifs is 1. The van der Waals surface area contributed by atoms with Crippen molar-refractivity contribution in [3.05, 3.63) is 65.1 Å². The predicted octanol–water partition coefficient (Wildman–Crippen LogP) is 4.60. The third-order valence-electron chi connectivity index (χ3n) is 4.50. The van der Waals surface area contributed by atoms with Crippen LogP contribution in [0.1, 0.15) is 5.56 Å². The molecule has 2 unspecified atom stereocenters. The first-order valence-corrected chi connectivity index (χ1v) is 9.73. The second-order valence-corrected chi connectivity index (χ2v) is 7.26. The highest BCUT2D eigenvalue weighted by Crippen LogP contribution is 2.38. The Balaban J connectivity index is 1.44. The fraction of sp³-hybridized carbons (Fsp3) is 0.150. The Morgan fingerprint density at radius 1 is 1.09 bits per heavy atom. The van der Waals surface area contributed by atoms with Crippen molar-refractivity contribution in [1.82, 2.24) is 4.98 Å². The first-order valence-electron chi connectivity index (χ1n) is 9.35. The van der Waals surface area contributed by atoms with Crippen LogP contribution in [0, 0.1) is 5.82 Å². The van der Waals surface area contributed by atoms with Crippen molar-refractivity contribution in [2.75, 3.05) is 21.3 Å². The van der Waals surface area contributed by atoms with Gasteiger partial charge in [0.1, 0.15) is 17.3 Å². The van der Waals surface area contributed by atoms with Crippen LogP contribution in [-0.2, 0) is 6.18 Å². The van der Waals surface area contributed by atoms with Gasteiger partial charge < -0.3 is 36.2 Å². The molecule has 8 nitrogen and oxygen atoms in total. The van der Waals surface area contributed by atoms with E-state index in [9.17, 15) is 27.8 Å². The maximum atomic E-state index is 14.5. The number of pyridine rings is 1. The molecule has 6 N–H and O–H groups in total. The lowest BCUT2D eigenvalue weighted by molar-refractivity contribution is -0.137. The van der Waals surface area contributed by atoms with Crippen LogP contribution in [0.5, 0.6) is 11.5 Å². The molecule has 0 aliphatic carbocycles. The normalized spacial score (nSPS) is 15.8. The standard InChI is InChI=1S/C20H16ClF4N5O3/c21-12-3-1-9(7-11(12)20(23,24)25)27-18(31)28-14-4-2-10(8-13(14)22)33-15-5-6-26-17-16(15)29-19(32)30-17/h1-8,18-19,27-29,31-32H,(H,26,30). The van der Waals surface area contributed by atoms with Crippen molar-refractivity contribution in [1.29, 1.82) is 0 Å². The number of aliphatic hydroxyl groups excluding tert-OH is 2. The van der Waals surface area contributed by atoms with Crippen LogP contribution in [0.2, 0.25) is 5.02 Å². The van der Waals surface area contributed by atoms with Crippen LogP contribution in [0.3, 0.4) is 0 Å². The van der Waals surface area contributed by atoms with E-state index in [1.54, 1.807) is 0 Å². The molecule has 3 aromatic rings. The Hall–Kier alpha value is -3.48. The summed E-state index contributed by atoms with van der Waals surface area (Å²) >= 11 is 5.57. The molecule has 4 rings (SSSR count). The number of hydrogen-bond donors (Lipinski definition) is 6. The van der Waals surface area contributed by atoms with Crippen molar-refractivity contribution in [3.8, 4) is 11.5 Å². The van der Waals surface area contributed by atoms with E-state index in [0.29, 0.717) is 11.5 Å². The van der Waals surface area contributed by atoms with Gasteiger partial charge in [-0.05, 0) is 30.3 Å². The second-order valence-electron chi connectivity index (χ2n) is 6.85. The van der Waals surface area contributed by atoms with Crippen LogP contribution in [0.4, 0.5) is 40.4 Å². The summed E-state index contributed by atoms with van der Waals surface area (Å²) in [5, 5.41) is 29.4. The van der Waals surface area contributed by atoms with Gasteiger partial charge in [0, 0.05) is 24.0 Å². The molecular weight excluding hydrogens is 470 g/mol. The minimum atomic E-state index is -4.67. The molecule has 0 saturated carbocycles. The fourth-order valence-corrected chi connectivity index (χ4v) is 3.28. The number of benzene rings is 2. The Morgan fingerprint density at radius 2 is 1.88 bits per heavy atom. The van der Waals surface area contributed by atoms with E-state index in [4.69, 9.17) is 16.3 Å². The zero-order valence-corrected chi connectivity index (χ0v) is 17.2. The summed E-state index contributed by atoms with van der Waals surface area (Å²) in [6.07, 6.45) is -5.89. The van der Waals surface area contributed by atoms with Crippen molar-refractivity contribution < 1.29 is 32.5 Å². The molecule has 0 radical (unpaired) electrons. The van der Waals surface area contributed by atoms with Gasteiger partial charge in [0.05, 0.1) is 16.3 Å². The third kappa shape index (κ3) is 5.13. The van der Waals surface area contributed by atoms with E-state index < -0.39 is 35.3 Å². The van der Waals surface area contributed by atoms with Gasteiger partial charge in [0.15, 0.2) is 11.6 Å². The molecule has 0 spiro atoms. The summed E-state index contributed by atoms with van der Waals surface area (Å²) in [4.78, 5) is 4.03. The Labute approximate surface area is 189 Å². The van der Waals surface area contributed by atoms with Gasteiger partial charge in [0.2, 0.25) is 12.7 Å². The van der Waals surface area contributed by atoms with E-state index in [0.717, 1.165) is 18.2 Å². The van der Waals surface area contributed by atoms with Crippen LogP contribution in [-0.4, -0.2) is 27.9 Å². The molecule has 2 heterocycles. The first-order chi connectivity index (χ1) is 15.6. The topological polar surface area (TPSA) is 111 Å². The van der Waals surface area contributed by atoms with E-state index in [2.05, 4.69) is 26.3 Å². The summed E-state index contributed by atoms with van der Waals surface area (Å²) < 4.78 is 59.1. The smallest absolute Gasteiger partial charge is 0.417 e. The van der Waals surface area contributed by atoms with Gasteiger partial charge in [-0.15, -0.1) is 0 Å². The van der Waals surface area contributed by atoms with E-state index in [1.165, 1.54) is 30.5 Å². The highest BCUT2D eigenvalue weighted by atomic mass is 35.5. The Kier molecular flexibility index (Phi) is 6.06. The minimum Gasteiger partial charge on any atom is -0.455 e. The molecule has 0 bridgehead atoms. The number of halogens is 5. The molecule has 33 heavy (non-hydrogen) atoms. The molecule has 0 saturated heterocycles. The number of anilines is 4. The molecule has 1 aliphatic rings. The number of aliphatic hydroxyl groups is 2. The quantitative estimate of drug-likeness (QED) is 0.222. The monoisotopic (exact) mass is 485 g/mol. The number of nitrogens with one attached hydrogen (secondary N) is 4. The number of nitrogens with zero attached hydrogens (tertiary/aromatic N) is 1. The summed E-state index contributed by atoms with van der Waals surface area (Å²) in [6.45, 7) is 0. The van der Waals surface area contributed by atoms with Gasteiger partial charge in [-0.2, -0.15) is 13.2 Å². The highest BCUT2D eigenvalue weighted by Gasteiger charge is 2.33. The van der Waals surface area contributed by atoms with Crippen LogP contribution in [0.25, 0.3) is 0 Å². The number of aromatic nitrogens is 1. The minimum absolute atomic E-state index is 0.0815. The average Bonchev–Trinajstić information content (AvgIpc) is 3.12. The van der Waals surface area contributed by atoms with Crippen molar-refractivity contribution in [2.24, 2.45) is 0 Å². The summed E-state index contributed by atoms with van der Waals surface area (Å²) in [5.74, 6) is -0.0280. The molecule has 0 amide bonds. The molecule has 13 heteroatoms. The summed E-state index contributed by atoms with van der Waals surface area (Å²) in [5.41, 5.74) is -0.897. The van der Waals surface area contributed by atoms with Crippen molar-refractivity contribution in [3.63, 3.8) is 0 Å². The fourth-order valence-electron chi connectivity index (χ4n) is 3.06. The lowest BCUT2D eigenvalue weighted by Gasteiger charge is -2.19. The molecule has 174 valence electrons. The van der Waals surface area contributed by atoms with Crippen LogP contribution < -0.4 is 26.0 Å². The summed E-state index contributed by atoms with van der Waals surface area (Å²) in [6, 6.07) is 8.26. The molecular formula is C20H16ClF4N5O3. The Bertz CT molecular complexity index is 1180. The van der Waals surface area contributed by atoms with Crippen molar-refractivity contribution in [2.45, 2.75) is 18.9 Å². The maximum absolute atomic E-state index is 14.5. The molecule has 2 aromatic carbocycles. The van der Waals surface area contributed by atoms with E-state index in [1.807, 2.05) is 0 Å². The van der Waals surface area contributed by atoms with Gasteiger partial charge in [0.25, 0.3) is 0 Å². The Morgan fingerprint density at radius 3 is 2.61 bits per heavy atom. The summed E-state index contributed by atoms with van der Waals surface area (Å²) in [7, 11) is 0. The molecule has 1 aromatic heterocycles. The van der Waals surface area contributed by atoms with E-state index in [-0.39, 0.29) is 22.9 Å². The second kappa shape index (κ2) is 8.81. The third-order valence-corrected chi connectivity index (χ3v) is 4.83. The zero-order valence-electron chi connectivity index (χ0n) is 16.4. The van der Waals surface area contributed by atoms with Gasteiger partial charge in [-0.1, -0.05) is 11.6 Å². The van der Waals surface area contributed by atoms with Crippen LogP contribution >= 0.6 is 11.6 Å². The van der Waals surface area contributed by atoms with Crippen LogP contribution in [0.15, 0.2) is 48.7 Å². The molecule has 1 aliphatic heterocycles. The average molecular weight is 486 g/mol. The lowest BCUT2D eigenvalue weighted by atomic mass is 10.2. The molecule has 0 fully saturated rings. The van der Waals surface area contributed by atoms with E-state index >= 15 is 0 Å². The first kappa shape index (κ1) is 22.7. The van der Waals surface area contributed by atoms with Gasteiger partial charge >= 0.3 is 6.18 Å². The number of rotatable bonds is 6.